The average molecular weight is 497 g/mol. The maximum Gasteiger partial charge on any atom is 0.355 e. The molecule has 2 aliphatic rings. The van der Waals surface area contributed by atoms with Crippen molar-refractivity contribution in [1.82, 2.24) is 24.4 Å². The van der Waals surface area contributed by atoms with E-state index in [0.29, 0.717) is 42.1 Å². The smallest absolute Gasteiger partial charge is 0.353 e. The van der Waals surface area contributed by atoms with Crippen molar-refractivity contribution in [2.45, 2.75) is 58.5 Å². The third-order valence-corrected chi connectivity index (χ3v) is 7.66. The summed E-state index contributed by atoms with van der Waals surface area (Å²) in [4.78, 5) is 31.5. The van der Waals surface area contributed by atoms with Crippen LogP contribution in [0.15, 0.2) is 35.3 Å². The molecule has 0 amide bonds. The Labute approximate surface area is 209 Å². The monoisotopic (exact) mass is 496 g/mol. The first kappa shape index (κ1) is 23.9. The van der Waals surface area contributed by atoms with Crippen LogP contribution in [0.1, 0.15) is 50.8 Å². The molecule has 5 heterocycles. The van der Waals surface area contributed by atoms with Gasteiger partial charge >= 0.3 is 5.69 Å². The van der Waals surface area contributed by atoms with Crippen molar-refractivity contribution in [3.63, 3.8) is 0 Å². The van der Waals surface area contributed by atoms with Crippen molar-refractivity contribution >= 4 is 28.5 Å². The third kappa shape index (κ3) is 4.02. The minimum Gasteiger partial charge on any atom is -0.353 e. The van der Waals surface area contributed by atoms with Gasteiger partial charge in [-0.05, 0) is 50.3 Å². The molecule has 2 unspecified atom stereocenters. The molecular weight excluding hydrogens is 467 g/mol. The van der Waals surface area contributed by atoms with Crippen LogP contribution in [0.25, 0.3) is 16.7 Å². The molecule has 35 heavy (non-hydrogen) atoms. The van der Waals surface area contributed by atoms with Crippen LogP contribution in [0, 0.1) is 12.7 Å². The molecule has 184 valence electrons. The number of aryl methyl sites for hydroxylation is 1. The summed E-state index contributed by atoms with van der Waals surface area (Å²) >= 11 is 6.13. The van der Waals surface area contributed by atoms with E-state index in [2.05, 4.69) is 38.3 Å². The van der Waals surface area contributed by atoms with E-state index in [1.807, 2.05) is 26.8 Å². The third-order valence-electron chi connectivity index (χ3n) is 7.40. The minimum atomic E-state index is -0.638. The number of halogens is 2. The van der Waals surface area contributed by atoms with E-state index < -0.39 is 11.5 Å². The quantitative estimate of drug-likeness (QED) is 0.389. The highest BCUT2D eigenvalue weighted by Crippen LogP contribution is 2.34. The molecule has 2 atom stereocenters. The number of pyridine rings is 2. The standard InChI is InChI=1S/C26H30ClFN6O/c1-14(2)21-22(16(4)8-9-29-21)34-25-19(12-20(28)23(27)30-25)24(31-26(34)35)32-10-11-33-17(5)15(3)6-7-18(33)13-32/h8-9,12,14,17-18H,3,6-7,10-11,13H2,1-2,4-5H3. The first-order chi connectivity index (χ1) is 16.7. The lowest BCUT2D eigenvalue weighted by atomic mass is 9.91. The van der Waals surface area contributed by atoms with Crippen LogP contribution in [-0.2, 0) is 0 Å². The summed E-state index contributed by atoms with van der Waals surface area (Å²) < 4.78 is 16.2. The van der Waals surface area contributed by atoms with Crippen molar-refractivity contribution in [1.29, 1.82) is 0 Å². The maximum absolute atomic E-state index is 14.7. The van der Waals surface area contributed by atoms with E-state index in [4.69, 9.17) is 11.6 Å². The van der Waals surface area contributed by atoms with Gasteiger partial charge in [-0.15, -0.1) is 0 Å². The minimum absolute atomic E-state index is 0.0542. The highest BCUT2D eigenvalue weighted by Gasteiger charge is 2.36. The Morgan fingerprint density at radius 3 is 2.77 bits per heavy atom. The zero-order valence-corrected chi connectivity index (χ0v) is 21.3. The lowest BCUT2D eigenvalue weighted by Crippen LogP contribution is -2.58. The number of piperazine rings is 1. The van der Waals surface area contributed by atoms with Crippen molar-refractivity contribution in [2.75, 3.05) is 24.5 Å². The Balaban J connectivity index is 1.69. The second-order valence-electron chi connectivity index (χ2n) is 9.91. The van der Waals surface area contributed by atoms with Gasteiger partial charge in [-0.1, -0.05) is 37.6 Å². The summed E-state index contributed by atoms with van der Waals surface area (Å²) in [6.07, 6.45) is 3.71. The summed E-state index contributed by atoms with van der Waals surface area (Å²) in [6.45, 7) is 14.6. The average Bonchev–Trinajstić information content (AvgIpc) is 2.82. The molecule has 0 aromatic carbocycles. The van der Waals surface area contributed by atoms with Gasteiger partial charge in [0.05, 0.1) is 16.8 Å². The van der Waals surface area contributed by atoms with Crippen LogP contribution < -0.4 is 10.6 Å². The Hall–Kier alpha value is -2.84. The van der Waals surface area contributed by atoms with E-state index >= 15 is 0 Å². The molecule has 7 nitrogen and oxygen atoms in total. The van der Waals surface area contributed by atoms with Gasteiger partial charge in [-0.3, -0.25) is 9.88 Å². The van der Waals surface area contributed by atoms with Gasteiger partial charge in [0.25, 0.3) is 0 Å². The van der Waals surface area contributed by atoms with Crippen molar-refractivity contribution < 1.29 is 4.39 Å². The number of rotatable bonds is 3. The van der Waals surface area contributed by atoms with Crippen LogP contribution in [0.2, 0.25) is 5.15 Å². The van der Waals surface area contributed by atoms with Gasteiger partial charge in [0, 0.05) is 37.9 Å². The van der Waals surface area contributed by atoms with Crippen LogP contribution in [-0.4, -0.2) is 56.1 Å². The first-order valence-corrected chi connectivity index (χ1v) is 12.5. The largest absolute Gasteiger partial charge is 0.355 e. The van der Waals surface area contributed by atoms with Crippen LogP contribution in [0.3, 0.4) is 0 Å². The van der Waals surface area contributed by atoms with Gasteiger partial charge in [0.1, 0.15) is 5.82 Å². The number of hydrogen-bond acceptors (Lipinski definition) is 6. The SMILES string of the molecule is C=C1CCC2CN(c3nc(=O)n(-c4c(C)ccnc4C(C)C)c4nc(Cl)c(F)cc34)CCN2C1C. The van der Waals surface area contributed by atoms with E-state index in [0.717, 1.165) is 30.6 Å². The predicted molar refractivity (Wildman–Crippen MR) is 137 cm³/mol. The first-order valence-electron chi connectivity index (χ1n) is 12.1. The fourth-order valence-corrected chi connectivity index (χ4v) is 5.57. The maximum atomic E-state index is 14.7. The number of anilines is 1. The van der Waals surface area contributed by atoms with Gasteiger partial charge in [-0.25, -0.2) is 18.7 Å². The Morgan fingerprint density at radius 1 is 1.26 bits per heavy atom. The van der Waals surface area contributed by atoms with E-state index in [1.165, 1.54) is 16.2 Å². The van der Waals surface area contributed by atoms with Crippen LogP contribution in [0.4, 0.5) is 10.2 Å². The zero-order chi connectivity index (χ0) is 25.0. The van der Waals surface area contributed by atoms with Crippen molar-refractivity contribution in [3.05, 3.63) is 63.2 Å². The number of hydrogen-bond donors (Lipinski definition) is 0. The lowest BCUT2D eigenvalue weighted by molar-refractivity contribution is 0.114. The highest BCUT2D eigenvalue weighted by atomic mass is 35.5. The molecular formula is C26H30ClFN6O. The predicted octanol–water partition coefficient (Wildman–Crippen LogP) is 4.63. The fourth-order valence-electron chi connectivity index (χ4n) is 5.44. The number of nitrogens with zero attached hydrogens (tertiary/aromatic N) is 6. The summed E-state index contributed by atoms with van der Waals surface area (Å²) in [5.74, 6) is -0.132. The second kappa shape index (κ2) is 8.99. The number of aromatic nitrogens is 4. The topological polar surface area (TPSA) is 67.2 Å². The molecule has 3 aromatic rings. The molecule has 0 spiro atoms. The van der Waals surface area contributed by atoms with E-state index in [-0.39, 0.29) is 16.7 Å². The fraction of sp³-hybridized carbons (Fsp3) is 0.462. The van der Waals surface area contributed by atoms with E-state index in [1.54, 1.807) is 6.20 Å². The Morgan fingerprint density at radius 2 is 2.03 bits per heavy atom. The summed E-state index contributed by atoms with van der Waals surface area (Å²) in [6, 6.07) is 3.84. The molecule has 0 radical (unpaired) electrons. The van der Waals surface area contributed by atoms with Crippen molar-refractivity contribution in [2.24, 2.45) is 0 Å². The molecule has 0 aliphatic carbocycles. The molecule has 2 fully saturated rings. The molecule has 0 N–H and O–H groups in total. The summed E-state index contributed by atoms with van der Waals surface area (Å²) in [5, 5.41) is 0.186. The molecule has 3 aromatic heterocycles. The van der Waals surface area contributed by atoms with Gasteiger partial charge < -0.3 is 4.90 Å². The molecule has 9 heteroatoms. The summed E-state index contributed by atoms with van der Waals surface area (Å²) in [7, 11) is 0. The van der Waals surface area contributed by atoms with Gasteiger partial charge in [0.15, 0.2) is 16.6 Å². The normalized spacial score (nSPS) is 21.1. The van der Waals surface area contributed by atoms with Crippen LogP contribution >= 0.6 is 11.6 Å². The molecule has 0 bridgehead atoms. The van der Waals surface area contributed by atoms with Crippen molar-refractivity contribution in [3.8, 4) is 5.69 Å². The van der Waals surface area contributed by atoms with Gasteiger partial charge in [0.2, 0.25) is 0 Å². The summed E-state index contributed by atoms with van der Waals surface area (Å²) in [5.41, 5.74) is 3.29. The van der Waals surface area contributed by atoms with Crippen LogP contribution in [0.5, 0.6) is 0 Å². The molecule has 5 rings (SSSR count). The number of piperidine rings is 1. The molecule has 0 saturated carbocycles. The van der Waals surface area contributed by atoms with Gasteiger partial charge in [-0.2, -0.15) is 4.98 Å². The highest BCUT2D eigenvalue weighted by molar-refractivity contribution is 6.30. The number of fused-ring (bicyclic) bond motifs is 2. The molecule has 2 aliphatic heterocycles. The Kier molecular flexibility index (Phi) is 6.13. The molecule has 2 saturated heterocycles. The second-order valence-corrected chi connectivity index (χ2v) is 10.3. The Bertz CT molecular complexity index is 1390. The zero-order valence-electron chi connectivity index (χ0n) is 20.6. The lowest BCUT2D eigenvalue weighted by Gasteiger charge is -2.48. The van der Waals surface area contributed by atoms with E-state index in [9.17, 15) is 9.18 Å².